The normalized spacial score (nSPS) is 14.5. The molecule has 1 atom stereocenters. The zero-order valence-corrected chi connectivity index (χ0v) is 12.1. The van der Waals surface area contributed by atoms with Gasteiger partial charge in [-0.3, -0.25) is 0 Å². The molecule has 0 heterocycles. The molecule has 0 aromatic carbocycles. The van der Waals surface area contributed by atoms with Gasteiger partial charge in [0.15, 0.2) is 0 Å². The zero-order chi connectivity index (χ0) is 13.5. The molecule has 0 rings (SSSR count). The summed E-state index contributed by atoms with van der Waals surface area (Å²) in [5, 5.41) is 9.16. The third kappa shape index (κ3) is 5.81. The predicted octanol–water partition coefficient (Wildman–Crippen LogP) is 0.960. The van der Waals surface area contributed by atoms with Gasteiger partial charge in [-0.15, -0.1) is 0 Å². The summed E-state index contributed by atoms with van der Waals surface area (Å²) in [7, 11) is -3.48. The standard InChI is InChI=1S/C11H26N2O3S/c1-5-7-13(8-6-2)17(15,16)12-11(9-14)10(3)4/h10-12,14H,5-9H2,1-4H3/t11-/m1/s1. The van der Waals surface area contributed by atoms with E-state index in [4.69, 9.17) is 5.11 Å². The first-order chi connectivity index (χ1) is 7.88. The lowest BCUT2D eigenvalue weighted by Gasteiger charge is -2.26. The van der Waals surface area contributed by atoms with Gasteiger partial charge in [0.05, 0.1) is 6.61 Å². The Morgan fingerprint density at radius 3 is 1.94 bits per heavy atom. The van der Waals surface area contributed by atoms with Gasteiger partial charge in [0, 0.05) is 19.1 Å². The van der Waals surface area contributed by atoms with E-state index in [1.165, 1.54) is 4.31 Å². The van der Waals surface area contributed by atoms with Crippen molar-refractivity contribution in [2.24, 2.45) is 5.92 Å². The Morgan fingerprint density at radius 1 is 1.18 bits per heavy atom. The summed E-state index contributed by atoms with van der Waals surface area (Å²) >= 11 is 0. The highest BCUT2D eigenvalue weighted by Crippen LogP contribution is 2.07. The van der Waals surface area contributed by atoms with Gasteiger partial charge >= 0.3 is 0 Å². The van der Waals surface area contributed by atoms with Crippen molar-refractivity contribution >= 4 is 10.2 Å². The molecule has 2 N–H and O–H groups in total. The van der Waals surface area contributed by atoms with Crippen LogP contribution in [0, 0.1) is 5.92 Å². The van der Waals surface area contributed by atoms with Gasteiger partial charge in [-0.1, -0.05) is 27.7 Å². The van der Waals surface area contributed by atoms with Crippen LogP contribution in [0.1, 0.15) is 40.5 Å². The van der Waals surface area contributed by atoms with E-state index in [1.807, 2.05) is 27.7 Å². The molecule has 6 heteroatoms. The Labute approximate surface area is 105 Å². The summed E-state index contributed by atoms with van der Waals surface area (Å²) in [6, 6.07) is -0.420. The maximum atomic E-state index is 12.1. The SMILES string of the molecule is CCCN(CCC)S(=O)(=O)N[C@H](CO)C(C)C. The van der Waals surface area contributed by atoms with Crippen LogP contribution in [0.5, 0.6) is 0 Å². The van der Waals surface area contributed by atoms with Crippen LogP contribution in [0.2, 0.25) is 0 Å². The van der Waals surface area contributed by atoms with E-state index in [1.54, 1.807) is 0 Å². The summed E-state index contributed by atoms with van der Waals surface area (Å²) in [5.41, 5.74) is 0. The van der Waals surface area contributed by atoms with Crippen molar-refractivity contribution in [2.75, 3.05) is 19.7 Å². The Balaban J connectivity index is 4.71. The van der Waals surface area contributed by atoms with Gasteiger partial charge in [-0.2, -0.15) is 17.4 Å². The van der Waals surface area contributed by atoms with Crippen molar-refractivity contribution in [1.82, 2.24) is 9.03 Å². The molecule has 0 aliphatic rings. The molecular formula is C11H26N2O3S. The van der Waals surface area contributed by atoms with E-state index in [-0.39, 0.29) is 12.5 Å². The van der Waals surface area contributed by atoms with Gasteiger partial charge in [0.25, 0.3) is 10.2 Å². The summed E-state index contributed by atoms with van der Waals surface area (Å²) in [4.78, 5) is 0. The fraction of sp³-hybridized carbons (Fsp3) is 1.00. The van der Waals surface area contributed by atoms with Gasteiger partial charge in [-0.05, 0) is 18.8 Å². The minimum absolute atomic E-state index is 0.0693. The molecule has 0 saturated heterocycles. The highest BCUT2D eigenvalue weighted by atomic mass is 32.2. The van der Waals surface area contributed by atoms with E-state index >= 15 is 0 Å². The molecule has 104 valence electrons. The molecule has 0 spiro atoms. The van der Waals surface area contributed by atoms with Crippen LogP contribution in [-0.2, 0) is 10.2 Å². The first-order valence-corrected chi connectivity index (χ1v) is 7.71. The average molecular weight is 266 g/mol. The summed E-state index contributed by atoms with van der Waals surface area (Å²) in [5.74, 6) is 0.0693. The van der Waals surface area contributed by atoms with Crippen molar-refractivity contribution in [2.45, 2.75) is 46.6 Å². The molecule has 0 amide bonds. The first-order valence-electron chi connectivity index (χ1n) is 6.27. The minimum Gasteiger partial charge on any atom is -0.395 e. The summed E-state index contributed by atoms with van der Waals surface area (Å²) in [6.45, 7) is 8.51. The Hall–Kier alpha value is -0.170. The highest BCUT2D eigenvalue weighted by Gasteiger charge is 2.25. The van der Waals surface area contributed by atoms with Gasteiger partial charge in [0.2, 0.25) is 0 Å². The zero-order valence-electron chi connectivity index (χ0n) is 11.3. The van der Waals surface area contributed by atoms with Gasteiger partial charge in [-0.25, -0.2) is 0 Å². The quantitative estimate of drug-likeness (QED) is 0.653. The lowest BCUT2D eigenvalue weighted by Crippen LogP contribution is -2.49. The molecule has 17 heavy (non-hydrogen) atoms. The van der Waals surface area contributed by atoms with Gasteiger partial charge < -0.3 is 5.11 Å². The number of nitrogens with zero attached hydrogens (tertiary/aromatic N) is 1. The molecular weight excluding hydrogens is 240 g/mol. The summed E-state index contributed by atoms with van der Waals surface area (Å²) < 4.78 is 28.2. The molecule has 0 unspecified atom stereocenters. The Kier molecular flexibility index (Phi) is 7.94. The third-order valence-electron chi connectivity index (χ3n) is 2.59. The average Bonchev–Trinajstić information content (AvgIpc) is 2.25. The third-order valence-corrected chi connectivity index (χ3v) is 4.23. The van der Waals surface area contributed by atoms with E-state index in [0.717, 1.165) is 12.8 Å². The van der Waals surface area contributed by atoms with E-state index in [0.29, 0.717) is 13.1 Å². The number of aliphatic hydroxyl groups excluding tert-OH is 1. The maximum absolute atomic E-state index is 12.1. The molecule has 0 aromatic heterocycles. The molecule has 0 radical (unpaired) electrons. The molecule has 0 saturated carbocycles. The van der Waals surface area contributed by atoms with Crippen LogP contribution in [0.15, 0.2) is 0 Å². The number of rotatable bonds is 9. The van der Waals surface area contributed by atoms with E-state index < -0.39 is 16.3 Å². The van der Waals surface area contributed by atoms with Crippen LogP contribution >= 0.6 is 0 Å². The van der Waals surface area contributed by atoms with Crippen LogP contribution in [0.3, 0.4) is 0 Å². The van der Waals surface area contributed by atoms with E-state index in [2.05, 4.69) is 4.72 Å². The first kappa shape index (κ1) is 16.8. The van der Waals surface area contributed by atoms with Crippen LogP contribution < -0.4 is 4.72 Å². The van der Waals surface area contributed by atoms with Crippen molar-refractivity contribution in [3.8, 4) is 0 Å². The second-order valence-electron chi connectivity index (χ2n) is 4.56. The number of aliphatic hydroxyl groups is 1. The largest absolute Gasteiger partial charge is 0.395 e. The minimum atomic E-state index is -3.48. The second-order valence-corrected chi connectivity index (χ2v) is 6.26. The Bertz CT molecular complexity index is 285. The smallest absolute Gasteiger partial charge is 0.279 e. The lowest BCUT2D eigenvalue weighted by atomic mass is 10.1. The molecule has 0 aromatic rings. The van der Waals surface area contributed by atoms with Crippen LogP contribution in [0.25, 0.3) is 0 Å². The fourth-order valence-corrected chi connectivity index (χ4v) is 3.23. The molecule has 0 aliphatic heterocycles. The topological polar surface area (TPSA) is 69.6 Å². The van der Waals surface area contributed by atoms with Crippen molar-refractivity contribution < 1.29 is 13.5 Å². The van der Waals surface area contributed by atoms with Crippen molar-refractivity contribution in [3.05, 3.63) is 0 Å². The van der Waals surface area contributed by atoms with Crippen LogP contribution in [0.4, 0.5) is 0 Å². The van der Waals surface area contributed by atoms with Crippen molar-refractivity contribution in [3.63, 3.8) is 0 Å². The van der Waals surface area contributed by atoms with Gasteiger partial charge in [0.1, 0.15) is 0 Å². The summed E-state index contributed by atoms with van der Waals surface area (Å²) in [6.07, 6.45) is 1.57. The fourth-order valence-electron chi connectivity index (χ4n) is 1.50. The second kappa shape index (κ2) is 8.02. The monoisotopic (exact) mass is 266 g/mol. The molecule has 5 nitrogen and oxygen atoms in total. The molecule has 0 fully saturated rings. The molecule has 0 bridgehead atoms. The number of nitrogens with one attached hydrogen (secondary N) is 1. The number of hydrogen-bond donors (Lipinski definition) is 2. The van der Waals surface area contributed by atoms with E-state index in [9.17, 15) is 8.42 Å². The maximum Gasteiger partial charge on any atom is 0.279 e. The highest BCUT2D eigenvalue weighted by molar-refractivity contribution is 7.87. The predicted molar refractivity (Wildman–Crippen MR) is 69.9 cm³/mol. The molecule has 0 aliphatic carbocycles. The number of hydrogen-bond acceptors (Lipinski definition) is 3. The lowest BCUT2D eigenvalue weighted by molar-refractivity contribution is 0.225. The van der Waals surface area contributed by atoms with Crippen LogP contribution in [-0.4, -0.2) is 43.6 Å². The Morgan fingerprint density at radius 2 is 1.65 bits per heavy atom. The van der Waals surface area contributed by atoms with Crippen molar-refractivity contribution in [1.29, 1.82) is 0 Å².